The summed E-state index contributed by atoms with van der Waals surface area (Å²) in [4.78, 5) is 26.3. The molecule has 8 heteroatoms. The third-order valence-corrected chi connectivity index (χ3v) is 6.71. The Morgan fingerprint density at radius 2 is 1.67 bits per heavy atom. The number of aryl methyl sites for hydroxylation is 1. The van der Waals surface area contributed by atoms with E-state index >= 15 is 0 Å². The molecule has 2 N–H and O–H groups in total. The van der Waals surface area contributed by atoms with Gasteiger partial charge in [0.2, 0.25) is 11.9 Å². The van der Waals surface area contributed by atoms with Gasteiger partial charge in [0.05, 0.1) is 19.7 Å². The van der Waals surface area contributed by atoms with Crippen molar-refractivity contribution in [3.05, 3.63) is 47.5 Å². The van der Waals surface area contributed by atoms with E-state index in [0.29, 0.717) is 60.9 Å². The summed E-state index contributed by atoms with van der Waals surface area (Å²) in [5.41, 5.74) is 9.46. The normalized spacial score (nSPS) is 20.1. The van der Waals surface area contributed by atoms with Crippen molar-refractivity contribution >= 4 is 28.6 Å². The van der Waals surface area contributed by atoms with Crippen LogP contribution in [0.25, 0.3) is 10.9 Å². The van der Waals surface area contributed by atoms with Crippen molar-refractivity contribution in [2.75, 3.05) is 51.0 Å². The van der Waals surface area contributed by atoms with Gasteiger partial charge in [0.15, 0.2) is 11.5 Å². The molecule has 2 fully saturated rings. The molecule has 1 amide bonds. The van der Waals surface area contributed by atoms with E-state index in [1.807, 2.05) is 11.0 Å². The van der Waals surface area contributed by atoms with Crippen LogP contribution in [0.1, 0.15) is 23.5 Å². The van der Waals surface area contributed by atoms with Crippen LogP contribution in [0.2, 0.25) is 0 Å². The van der Waals surface area contributed by atoms with E-state index in [4.69, 9.17) is 20.2 Å². The maximum Gasteiger partial charge on any atom is 0.228 e. The highest BCUT2D eigenvalue weighted by atomic mass is 16.5. The summed E-state index contributed by atoms with van der Waals surface area (Å²) in [6, 6.07) is 12.1. The number of methoxy groups -OCH3 is 2. The zero-order valence-electron chi connectivity index (χ0n) is 19.2. The minimum atomic E-state index is 0.106. The quantitative estimate of drug-likeness (QED) is 0.643. The molecule has 2 aromatic carbocycles. The van der Waals surface area contributed by atoms with E-state index in [0.717, 1.165) is 11.8 Å². The Kier molecular flexibility index (Phi) is 5.44. The van der Waals surface area contributed by atoms with Gasteiger partial charge in [0.25, 0.3) is 0 Å². The van der Waals surface area contributed by atoms with Crippen LogP contribution in [0.3, 0.4) is 0 Å². The first-order valence-corrected chi connectivity index (χ1v) is 11.3. The number of piperazine rings is 1. The van der Waals surface area contributed by atoms with Crippen LogP contribution in [0.5, 0.6) is 11.5 Å². The second kappa shape index (κ2) is 8.42. The molecule has 172 valence electrons. The summed E-state index contributed by atoms with van der Waals surface area (Å²) in [6.45, 7) is 4.74. The number of rotatable bonds is 5. The molecule has 2 aliphatic rings. The number of ether oxygens (including phenoxy) is 2. The summed E-state index contributed by atoms with van der Waals surface area (Å²) < 4.78 is 10.8. The Balaban J connectivity index is 1.26. The van der Waals surface area contributed by atoms with E-state index in [-0.39, 0.29) is 11.8 Å². The summed E-state index contributed by atoms with van der Waals surface area (Å²) in [5.74, 6) is 2.87. The fraction of sp³-hybridized carbons (Fsp3) is 0.400. The van der Waals surface area contributed by atoms with Crippen molar-refractivity contribution < 1.29 is 14.3 Å². The van der Waals surface area contributed by atoms with Crippen LogP contribution in [0.15, 0.2) is 36.4 Å². The first-order chi connectivity index (χ1) is 16.0. The molecule has 0 spiro atoms. The fourth-order valence-electron chi connectivity index (χ4n) is 4.62. The standard InChI is InChI=1S/C25H29N5O3/c1-15-4-6-16(7-5-15)17-12-18(17)24(31)29-8-10-30(11-9-29)25-27-20-14-22(33-3)21(32-2)13-19(20)23(26)28-25/h4-7,13-14,17-18H,8-12H2,1-3H3,(H2,26,27,28). The first-order valence-electron chi connectivity index (χ1n) is 11.3. The number of aromatic nitrogens is 2. The fourth-order valence-corrected chi connectivity index (χ4v) is 4.62. The van der Waals surface area contributed by atoms with Crippen molar-refractivity contribution in [2.45, 2.75) is 19.3 Å². The van der Waals surface area contributed by atoms with Gasteiger partial charge in [-0.2, -0.15) is 4.98 Å². The Morgan fingerprint density at radius 3 is 2.33 bits per heavy atom. The van der Waals surface area contributed by atoms with E-state index in [1.165, 1.54) is 11.1 Å². The van der Waals surface area contributed by atoms with Gasteiger partial charge in [-0.15, -0.1) is 0 Å². The Labute approximate surface area is 193 Å². The van der Waals surface area contributed by atoms with Gasteiger partial charge < -0.3 is 25.0 Å². The van der Waals surface area contributed by atoms with Gasteiger partial charge >= 0.3 is 0 Å². The lowest BCUT2D eigenvalue weighted by molar-refractivity contribution is -0.133. The Bertz CT molecular complexity index is 1190. The molecular weight excluding hydrogens is 418 g/mol. The number of nitrogens with two attached hydrogens (primary N) is 1. The highest BCUT2D eigenvalue weighted by Gasteiger charge is 2.46. The van der Waals surface area contributed by atoms with Crippen LogP contribution in [0.4, 0.5) is 11.8 Å². The number of nitrogens with zero attached hydrogens (tertiary/aromatic N) is 4. The van der Waals surface area contributed by atoms with Crippen LogP contribution in [-0.4, -0.2) is 61.2 Å². The lowest BCUT2D eigenvalue weighted by atomic mass is 10.1. The van der Waals surface area contributed by atoms with E-state index in [2.05, 4.69) is 41.1 Å². The molecule has 8 nitrogen and oxygen atoms in total. The average Bonchev–Trinajstić information content (AvgIpc) is 3.64. The molecule has 1 saturated carbocycles. The van der Waals surface area contributed by atoms with Crippen molar-refractivity contribution in [1.82, 2.24) is 14.9 Å². The molecule has 2 unspecified atom stereocenters. The molecule has 33 heavy (non-hydrogen) atoms. The van der Waals surface area contributed by atoms with Gasteiger partial charge in [-0.3, -0.25) is 4.79 Å². The average molecular weight is 448 g/mol. The van der Waals surface area contributed by atoms with Crippen molar-refractivity contribution in [3.8, 4) is 11.5 Å². The van der Waals surface area contributed by atoms with Crippen molar-refractivity contribution in [3.63, 3.8) is 0 Å². The van der Waals surface area contributed by atoms with Crippen LogP contribution >= 0.6 is 0 Å². The summed E-state index contributed by atoms with van der Waals surface area (Å²) in [7, 11) is 3.18. The van der Waals surface area contributed by atoms with Gasteiger partial charge in [0.1, 0.15) is 5.82 Å². The minimum absolute atomic E-state index is 0.106. The SMILES string of the molecule is COc1cc2nc(N3CCN(C(=O)C4CC4c4ccc(C)cc4)CC3)nc(N)c2cc1OC. The van der Waals surface area contributed by atoms with Crippen LogP contribution in [0, 0.1) is 12.8 Å². The van der Waals surface area contributed by atoms with Gasteiger partial charge in [0, 0.05) is 43.5 Å². The lowest BCUT2D eigenvalue weighted by Gasteiger charge is -2.35. The largest absolute Gasteiger partial charge is 0.493 e. The third kappa shape index (κ3) is 4.01. The number of amides is 1. The highest BCUT2D eigenvalue weighted by molar-refractivity contribution is 5.91. The Morgan fingerprint density at radius 1 is 1.00 bits per heavy atom. The number of nitrogen functional groups attached to an aromatic ring is 1. The minimum Gasteiger partial charge on any atom is -0.493 e. The van der Waals surface area contributed by atoms with Crippen molar-refractivity contribution in [2.24, 2.45) is 5.92 Å². The predicted molar refractivity (Wildman–Crippen MR) is 128 cm³/mol. The summed E-state index contributed by atoms with van der Waals surface area (Å²) in [6.07, 6.45) is 0.942. The molecule has 0 radical (unpaired) electrons. The molecule has 2 atom stereocenters. The monoisotopic (exact) mass is 447 g/mol. The van der Waals surface area contributed by atoms with E-state index < -0.39 is 0 Å². The number of hydrogen-bond acceptors (Lipinski definition) is 7. The number of anilines is 2. The smallest absolute Gasteiger partial charge is 0.228 e. The van der Waals surface area contributed by atoms with E-state index in [9.17, 15) is 4.79 Å². The maximum absolute atomic E-state index is 13.0. The van der Waals surface area contributed by atoms with E-state index in [1.54, 1.807) is 20.3 Å². The van der Waals surface area contributed by atoms with Crippen LogP contribution in [-0.2, 0) is 4.79 Å². The third-order valence-electron chi connectivity index (χ3n) is 6.71. The molecule has 0 bridgehead atoms. The molecular formula is C25H29N5O3. The number of fused-ring (bicyclic) bond motifs is 1. The second-order valence-electron chi connectivity index (χ2n) is 8.80. The molecule has 1 aliphatic carbocycles. The maximum atomic E-state index is 13.0. The second-order valence-corrected chi connectivity index (χ2v) is 8.80. The molecule has 2 heterocycles. The zero-order valence-corrected chi connectivity index (χ0v) is 19.2. The van der Waals surface area contributed by atoms with Crippen LogP contribution < -0.4 is 20.1 Å². The number of carbonyl (C=O) groups excluding carboxylic acids is 1. The predicted octanol–water partition coefficient (Wildman–Crippen LogP) is 2.99. The molecule has 1 aliphatic heterocycles. The highest BCUT2D eigenvalue weighted by Crippen LogP contribution is 2.48. The lowest BCUT2D eigenvalue weighted by Crippen LogP contribution is -2.49. The van der Waals surface area contributed by atoms with Crippen molar-refractivity contribution in [1.29, 1.82) is 0 Å². The Hall–Kier alpha value is -3.55. The van der Waals surface area contributed by atoms with Gasteiger partial charge in [-0.05, 0) is 30.9 Å². The number of carbonyl (C=O) groups is 1. The van der Waals surface area contributed by atoms with Gasteiger partial charge in [-0.1, -0.05) is 29.8 Å². The molecule has 1 saturated heterocycles. The first kappa shape index (κ1) is 21.3. The molecule has 1 aromatic heterocycles. The molecule has 3 aromatic rings. The molecule has 5 rings (SSSR count). The van der Waals surface area contributed by atoms with Gasteiger partial charge in [-0.25, -0.2) is 4.98 Å². The topological polar surface area (TPSA) is 93.8 Å². The summed E-state index contributed by atoms with van der Waals surface area (Å²) >= 11 is 0. The zero-order chi connectivity index (χ0) is 23.1. The summed E-state index contributed by atoms with van der Waals surface area (Å²) in [5, 5.41) is 0.723. The number of benzene rings is 2. The number of hydrogen-bond donors (Lipinski definition) is 1.